The van der Waals surface area contributed by atoms with Crippen molar-refractivity contribution in [3.05, 3.63) is 93.4 Å². The molecule has 1 aromatic heterocycles. The quantitative estimate of drug-likeness (QED) is 0.323. The fourth-order valence-electron chi connectivity index (χ4n) is 4.18. The Kier molecular flexibility index (Phi) is 5.25. The van der Waals surface area contributed by atoms with Gasteiger partial charge in [0.25, 0.3) is 0 Å². The van der Waals surface area contributed by atoms with Crippen molar-refractivity contribution in [2.75, 3.05) is 0 Å². The molecule has 1 saturated carbocycles. The lowest BCUT2D eigenvalue weighted by molar-refractivity contribution is 0.0725. The zero-order valence-electron chi connectivity index (χ0n) is 16.3. The average molecular weight is 513 g/mol. The normalized spacial score (nSPS) is 18.4. The maximum atomic E-state index is 13.6. The summed E-state index contributed by atoms with van der Waals surface area (Å²) in [4.78, 5) is 0. The minimum Gasteiger partial charge on any atom is -0.488 e. The van der Waals surface area contributed by atoms with Gasteiger partial charge < -0.3 is 14.4 Å². The van der Waals surface area contributed by atoms with Crippen LogP contribution in [-0.4, -0.2) is 15.8 Å². The number of nitrogens with zero attached hydrogens (tertiary/aromatic N) is 1. The molecule has 0 atom stereocenters. The van der Waals surface area contributed by atoms with E-state index >= 15 is 0 Å². The van der Waals surface area contributed by atoms with Crippen molar-refractivity contribution in [2.24, 2.45) is 0 Å². The third-order valence-electron chi connectivity index (χ3n) is 5.75. The van der Waals surface area contributed by atoms with Gasteiger partial charge in [-0.05, 0) is 77.4 Å². The van der Waals surface area contributed by atoms with Crippen molar-refractivity contribution in [3.8, 4) is 11.4 Å². The van der Waals surface area contributed by atoms with Crippen LogP contribution in [0.4, 0.5) is 4.39 Å². The second-order valence-corrected chi connectivity index (χ2v) is 8.84. The molecule has 0 radical (unpaired) electrons. The summed E-state index contributed by atoms with van der Waals surface area (Å²) in [5.74, 6) is 0.853. The molecule has 0 amide bonds. The highest BCUT2D eigenvalue weighted by molar-refractivity contribution is 14.1. The lowest BCUT2D eigenvalue weighted by Gasteiger charge is -2.33. The van der Waals surface area contributed by atoms with Gasteiger partial charge in [-0.3, -0.25) is 0 Å². The van der Waals surface area contributed by atoms with Crippen LogP contribution in [0.15, 0.2) is 72.8 Å². The summed E-state index contributed by atoms with van der Waals surface area (Å²) in [6.07, 6.45) is 1.24. The molecule has 3 nitrogen and oxygen atoms in total. The second kappa shape index (κ2) is 8.04. The highest BCUT2D eigenvalue weighted by Crippen LogP contribution is 2.45. The minimum absolute atomic E-state index is 0.251. The van der Waals surface area contributed by atoms with E-state index in [4.69, 9.17) is 4.74 Å². The van der Waals surface area contributed by atoms with Gasteiger partial charge in [-0.2, -0.15) is 0 Å². The Bertz CT molecular complexity index is 1180. The zero-order chi connectivity index (χ0) is 20.7. The molecule has 5 heteroatoms. The average Bonchev–Trinajstić information content (AvgIpc) is 3.04. The standard InChI is InChI=1S/C25H21FINO2/c26-18-9-11-19(12-10-18)28-21-7-4-8-22(30-15-16-5-2-1-3-6-16)23(21)24(27)25(28)17-13-20(29)14-17/h1-12,17,20,29H,13-15H2. The van der Waals surface area contributed by atoms with Gasteiger partial charge in [-0.1, -0.05) is 36.4 Å². The van der Waals surface area contributed by atoms with Gasteiger partial charge in [0.05, 0.1) is 17.0 Å². The topological polar surface area (TPSA) is 34.4 Å². The van der Waals surface area contributed by atoms with Crippen molar-refractivity contribution in [1.82, 2.24) is 4.57 Å². The predicted molar refractivity (Wildman–Crippen MR) is 125 cm³/mol. The lowest BCUT2D eigenvalue weighted by atomic mass is 9.80. The van der Waals surface area contributed by atoms with Crippen molar-refractivity contribution in [3.63, 3.8) is 0 Å². The molecule has 1 heterocycles. The molecule has 1 aliphatic carbocycles. The van der Waals surface area contributed by atoms with Crippen LogP contribution in [0.5, 0.6) is 5.75 Å². The number of ether oxygens (including phenoxy) is 1. The van der Waals surface area contributed by atoms with E-state index < -0.39 is 0 Å². The van der Waals surface area contributed by atoms with Gasteiger partial charge >= 0.3 is 0 Å². The van der Waals surface area contributed by atoms with E-state index in [0.29, 0.717) is 6.61 Å². The molecule has 0 aliphatic heterocycles. The molecular weight excluding hydrogens is 492 g/mol. The van der Waals surface area contributed by atoms with E-state index in [1.807, 2.05) is 30.3 Å². The molecule has 1 aliphatic rings. The SMILES string of the molecule is OC1CC(c2c(I)c3c(OCc4ccccc4)cccc3n2-c2ccc(F)cc2)C1. The van der Waals surface area contributed by atoms with Gasteiger partial charge in [0.1, 0.15) is 18.2 Å². The van der Waals surface area contributed by atoms with Crippen LogP contribution in [0.3, 0.4) is 0 Å². The van der Waals surface area contributed by atoms with Crippen LogP contribution in [0.2, 0.25) is 0 Å². The molecule has 4 aromatic rings. The molecule has 0 saturated heterocycles. The fourth-order valence-corrected chi connectivity index (χ4v) is 5.40. The van der Waals surface area contributed by atoms with Crippen molar-refractivity contribution in [1.29, 1.82) is 0 Å². The molecule has 0 unspecified atom stereocenters. The molecular formula is C25H21FINO2. The van der Waals surface area contributed by atoms with Crippen LogP contribution in [0.25, 0.3) is 16.6 Å². The van der Waals surface area contributed by atoms with Crippen LogP contribution < -0.4 is 4.74 Å². The molecule has 30 heavy (non-hydrogen) atoms. The van der Waals surface area contributed by atoms with Crippen LogP contribution in [0, 0.1) is 9.39 Å². The maximum absolute atomic E-state index is 13.6. The number of hydrogen-bond acceptors (Lipinski definition) is 2. The van der Waals surface area contributed by atoms with E-state index in [1.54, 1.807) is 12.1 Å². The Hall–Kier alpha value is -2.38. The second-order valence-electron chi connectivity index (χ2n) is 7.76. The first-order valence-electron chi connectivity index (χ1n) is 10.1. The van der Waals surface area contributed by atoms with Gasteiger partial charge in [0.2, 0.25) is 0 Å². The molecule has 5 rings (SSSR count). The van der Waals surface area contributed by atoms with E-state index in [-0.39, 0.29) is 17.8 Å². The van der Waals surface area contributed by atoms with Crippen LogP contribution in [-0.2, 0) is 6.61 Å². The Morgan fingerprint density at radius 1 is 0.967 bits per heavy atom. The Balaban J connectivity index is 1.64. The molecule has 0 bridgehead atoms. The van der Waals surface area contributed by atoms with E-state index in [1.165, 1.54) is 17.8 Å². The number of aromatic nitrogens is 1. The molecule has 3 aromatic carbocycles. The molecule has 0 spiro atoms. The van der Waals surface area contributed by atoms with Crippen LogP contribution >= 0.6 is 22.6 Å². The summed E-state index contributed by atoms with van der Waals surface area (Å²) in [6, 6.07) is 22.8. The summed E-state index contributed by atoms with van der Waals surface area (Å²) in [5, 5.41) is 11.0. The van der Waals surface area contributed by atoms with Gasteiger partial charge in [0, 0.05) is 20.9 Å². The van der Waals surface area contributed by atoms with Gasteiger partial charge in [-0.15, -0.1) is 0 Å². The van der Waals surface area contributed by atoms with E-state index in [9.17, 15) is 9.50 Å². The van der Waals surface area contributed by atoms with Gasteiger partial charge in [-0.25, -0.2) is 4.39 Å². The first kappa shape index (κ1) is 19.6. The van der Waals surface area contributed by atoms with Gasteiger partial charge in [0.15, 0.2) is 0 Å². The minimum atomic E-state index is -0.252. The Morgan fingerprint density at radius 3 is 2.40 bits per heavy atom. The summed E-state index contributed by atoms with van der Waals surface area (Å²) in [5.41, 5.74) is 4.23. The summed E-state index contributed by atoms with van der Waals surface area (Å²) in [7, 11) is 0. The highest BCUT2D eigenvalue weighted by atomic mass is 127. The summed E-state index contributed by atoms with van der Waals surface area (Å²) >= 11 is 2.40. The number of fused-ring (bicyclic) bond motifs is 1. The van der Waals surface area contributed by atoms with Crippen molar-refractivity contribution < 1.29 is 14.2 Å². The monoisotopic (exact) mass is 513 g/mol. The first-order valence-corrected chi connectivity index (χ1v) is 11.1. The van der Waals surface area contributed by atoms with Crippen molar-refractivity contribution in [2.45, 2.75) is 31.5 Å². The van der Waals surface area contributed by atoms with Crippen molar-refractivity contribution >= 4 is 33.5 Å². The molecule has 1 N–H and O–H groups in total. The summed E-state index contributed by atoms with van der Waals surface area (Å²) in [6.45, 7) is 0.495. The predicted octanol–water partition coefficient (Wildman–Crippen LogP) is 6.19. The summed E-state index contributed by atoms with van der Waals surface area (Å²) < 4.78 is 23.1. The number of rotatable bonds is 5. The number of benzene rings is 3. The lowest BCUT2D eigenvalue weighted by Crippen LogP contribution is -2.28. The number of hydrogen-bond donors (Lipinski definition) is 1. The Morgan fingerprint density at radius 2 is 1.70 bits per heavy atom. The largest absolute Gasteiger partial charge is 0.488 e. The third kappa shape index (κ3) is 3.50. The zero-order valence-corrected chi connectivity index (χ0v) is 18.4. The first-order chi connectivity index (χ1) is 14.6. The van der Waals surface area contributed by atoms with E-state index in [2.05, 4.69) is 45.4 Å². The van der Waals surface area contributed by atoms with E-state index in [0.717, 1.165) is 44.3 Å². The number of aliphatic hydroxyl groups excluding tert-OH is 1. The Labute approximate surface area is 188 Å². The fraction of sp³-hybridized carbons (Fsp3) is 0.200. The number of aliphatic hydroxyl groups is 1. The van der Waals surface area contributed by atoms with Crippen LogP contribution in [0.1, 0.15) is 30.0 Å². The highest BCUT2D eigenvalue weighted by Gasteiger charge is 2.34. The maximum Gasteiger partial charge on any atom is 0.130 e. The molecule has 152 valence electrons. The third-order valence-corrected chi connectivity index (χ3v) is 6.84. The smallest absolute Gasteiger partial charge is 0.130 e. The molecule has 1 fully saturated rings. The number of halogens is 2.